The number of fused-ring (bicyclic) bond motifs is 1. The van der Waals surface area contributed by atoms with E-state index in [1.807, 2.05) is 55.7 Å². The Bertz CT molecular complexity index is 1080. The molecule has 10 heteroatoms. The van der Waals surface area contributed by atoms with Crippen molar-refractivity contribution in [3.8, 4) is 11.4 Å². The van der Waals surface area contributed by atoms with Gasteiger partial charge in [-0.1, -0.05) is 51.1 Å². The number of rotatable bonds is 5. The van der Waals surface area contributed by atoms with E-state index in [0.29, 0.717) is 24.6 Å². The number of nitrogens with zero attached hydrogens (tertiary/aromatic N) is 3. The minimum Gasteiger partial charge on any atom is -0.427 e. The Balaban J connectivity index is 1.95. The van der Waals surface area contributed by atoms with Crippen LogP contribution in [0.4, 0.5) is 4.79 Å². The quantitative estimate of drug-likeness (QED) is 0.625. The number of carbonyl (C=O) groups is 3. The summed E-state index contributed by atoms with van der Waals surface area (Å²) in [5.74, 6) is -0.134. The van der Waals surface area contributed by atoms with Gasteiger partial charge in [0, 0.05) is 19.2 Å². The molecule has 0 spiro atoms. The standard InChI is InChI=1S/C25H35N5O5/c1-24(2,3)19(22(32)26-7)28-21(31)18-17-15-29(35-23(33)34-25(4,5)6)13-14-30(17)20(27-18)16-11-9-8-10-12-16/h8-12,19H,13-15H2,1-7H3,(H,26,32)(H,28,31)/t19-/m1/s1. The molecule has 0 saturated heterocycles. The molecule has 2 amide bonds. The van der Waals surface area contributed by atoms with Crippen LogP contribution in [0.25, 0.3) is 11.4 Å². The number of likely N-dealkylation sites (N-methyl/N-ethyl adjacent to an activating group) is 1. The van der Waals surface area contributed by atoms with Gasteiger partial charge in [0.05, 0.1) is 18.8 Å². The molecule has 1 aliphatic heterocycles. The summed E-state index contributed by atoms with van der Waals surface area (Å²) < 4.78 is 7.21. The van der Waals surface area contributed by atoms with Gasteiger partial charge < -0.3 is 24.8 Å². The molecule has 0 bridgehead atoms. The molecule has 35 heavy (non-hydrogen) atoms. The van der Waals surface area contributed by atoms with E-state index in [1.165, 1.54) is 12.1 Å². The van der Waals surface area contributed by atoms with Crippen molar-refractivity contribution in [1.82, 2.24) is 25.2 Å². The molecule has 0 unspecified atom stereocenters. The third-order valence-corrected chi connectivity index (χ3v) is 5.46. The normalized spacial score (nSPS) is 15.1. The number of benzene rings is 1. The molecule has 0 radical (unpaired) electrons. The smallest absolute Gasteiger partial charge is 0.427 e. The fraction of sp³-hybridized carbons (Fsp3) is 0.520. The molecule has 1 atom stereocenters. The van der Waals surface area contributed by atoms with Gasteiger partial charge in [0.25, 0.3) is 5.91 Å². The highest BCUT2D eigenvalue weighted by molar-refractivity contribution is 5.97. The van der Waals surface area contributed by atoms with Crippen LogP contribution in [-0.4, -0.2) is 57.8 Å². The fourth-order valence-corrected chi connectivity index (χ4v) is 3.81. The molecule has 190 valence electrons. The lowest BCUT2D eigenvalue weighted by atomic mass is 9.86. The van der Waals surface area contributed by atoms with Gasteiger partial charge in [-0.05, 0) is 26.2 Å². The van der Waals surface area contributed by atoms with E-state index in [-0.39, 0.29) is 18.1 Å². The lowest BCUT2D eigenvalue weighted by molar-refractivity contribution is -0.155. The number of hydroxylamine groups is 2. The second-order valence-corrected chi connectivity index (χ2v) is 10.6. The van der Waals surface area contributed by atoms with E-state index in [0.717, 1.165) is 5.56 Å². The van der Waals surface area contributed by atoms with Crippen LogP contribution in [0.5, 0.6) is 0 Å². The minimum absolute atomic E-state index is 0.141. The number of imidazole rings is 1. The van der Waals surface area contributed by atoms with Crippen molar-refractivity contribution >= 4 is 18.0 Å². The molecular weight excluding hydrogens is 450 g/mol. The average Bonchev–Trinajstić information content (AvgIpc) is 3.14. The number of hydrogen-bond acceptors (Lipinski definition) is 7. The topological polar surface area (TPSA) is 115 Å². The summed E-state index contributed by atoms with van der Waals surface area (Å²) in [4.78, 5) is 48.2. The van der Waals surface area contributed by atoms with Crippen LogP contribution >= 0.6 is 0 Å². The lowest BCUT2D eigenvalue weighted by Gasteiger charge is -2.30. The largest absolute Gasteiger partial charge is 0.528 e. The van der Waals surface area contributed by atoms with Crippen LogP contribution in [-0.2, 0) is 27.5 Å². The molecule has 1 aliphatic rings. The van der Waals surface area contributed by atoms with E-state index in [4.69, 9.17) is 9.57 Å². The predicted molar refractivity (Wildman–Crippen MR) is 130 cm³/mol. The minimum atomic E-state index is -0.813. The van der Waals surface area contributed by atoms with Crippen molar-refractivity contribution < 1.29 is 24.0 Å². The second kappa shape index (κ2) is 10.1. The Morgan fingerprint density at radius 2 is 1.69 bits per heavy atom. The zero-order valence-electron chi connectivity index (χ0n) is 21.5. The van der Waals surface area contributed by atoms with Crippen LogP contribution < -0.4 is 10.6 Å². The third kappa shape index (κ3) is 6.39. The van der Waals surface area contributed by atoms with Gasteiger partial charge in [0.15, 0.2) is 5.69 Å². The SMILES string of the molecule is CNC(=O)[C@@H](NC(=O)c1nc(-c2ccccc2)n2c1CN(OC(=O)OC(C)(C)C)CC2)C(C)(C)C. The summed E-state index contributed by atoms with van der Waals surface area (Å²) in [5.41, 5.74) is 0.402. The van der Waals surface area contributed by atoms with Gasteiger partial charge in [-0.15, -0.1) is 5.06 Å². The number of amides is 2. The van der Waals surface area contributed by atoms with Gasteiger partial charge in [-0.3, -0.25) is 9.59 Å². The van der Waals surface area contributed by atoms with E-state index in [9.17, 15) is 14.4 Å². The van der Waals surface area contributed by atoms with Crippen molar-refractivity contribution in [3.63, 3.8) is 0 Å². The first kappa shape index (κ1) is 26.2. The summed E-state index contributed by atoms with van der Waals surface area (Å²) in [6.07, 6.45) is -0.813. The van der Waals surface area contributed by atoms with Crippen LogP contribution in [0.3, 0.4) is 0 Å². The van der Waals surface area contributed by atoms with Crippen molar-refractivity contribution in [3.05, 3.63) is 41.7 Å². The zero-order chi connectivity index (χ0) is 26.0. The molecule has 1 aromatic carbocycles. The Hall–Kier alpha value is -3.40. The maximum Gasteiger partial charge on any atom is 0.528 e. The number of aromatic nitrogens is 2. The second-order valence-electron chi connectivity index (χ2n) is 10.6. The molecule has 2 N–H and O–H groups in total. The maximum atomic E-state index is 13.4. The first-order chi connectivity index (χ1) is 16.3. The molecule has 2 aromatic rings. The van der Waals surface area contributed by atoms with Crippen molar-refractivity contribution in [2.75, 3.05) is 13.6 Å². The zero-order valence-corrected chi connectivity index (χ0v) is 21.5. The van der Waals surface area contributed by atoms with Gasteiger partial charge in [-0.25, -0.2) is 9.78 Å². The summed E-state index contributed by atoms with van der Waals surface area (Å²) in [5, 5.41) is 6.91. The number of nitrogens with one attached hydrogen (secondary N) is 2. The molecular formula is C25H35N5O5. The Morgan fingerprint density at radius 1 is 1.03 bits per heavy atom. The van der Waals surface area contributed by atoms with Gasteiger partial charge >= 0.3 is 6.16 Å². The van der Waals surface area contributed by atoms with Crippen molar-refractivity contribution in [2.45, 2.75) is 66.3 Å². The van der Waals surface area contributed by atoms with E-state index < -0.39 is 29.1 Å². The van der Waals surface area contributed by atoms with Crippen LogP contribution in [0.2, 0.25) is 0 Å². The molecule has 1 aromatic heterocycles. The fourth-order valence-electron chi connectivity index (χ4n) is 3.81. The molecule has 0 saturated carbocycles. The van der Waals surface area contributed by atoms with Crippen molar-refractivity contribution in [2.24, 2.45) is 5.41 Å². The predicted octanol–water partition coefficient (Wildman–Crippen LogP) is 3.12. The van der Waals surface area contributed by atoms with E-state index >= 15 is 0 Å². The number of hydrogen-bond donors (Lipinski definition) is 2. The molecule has 2 heterocycles. The van der Waals surface area contributed by atoms with Crippen LogP contribution in [0.15, 0.2) is 30.3 Å². The van der Waals surface area contributed by atoms with Crippen LogP contribution in [0.1, 0.15) is 57.7 Å². The molecule has 3 rings (SSSR count). The average molecular weight is 486 g/mol. The highest BCUT2D eigenvalue weighted by Gasteiger charge is 2.36. The summed E-state index contributed by atoms with van der Waals surface area (Å²) >= 11 is 0. The summed E-state index contributed by atoms with van der Waals surface area (Å²) in [6, 6.07) is 8.78. The summed E-state index contributed by atoms with van der Waals surface area (Å²) in [6.45, 7) is 11.9. The van der Waals surface area contributed by atoms with Gasteiger partial charge in [-0.2, -0.15) is 0 Å². The van der Waals surface area contributed by atoms with E-state index in [1.54, 1.807) is 20.8 Å². The number of carbonyl (C=O) groups excluding carboxylic acids is 3. The maximum absolute atomic E-state index is 13.4. The monoisotopic (exact) mass is 485 g/mol. The third-order valence-electron chi connectivity index (χ3n) is 5.46. The Labute approximate surface area is 205 Å². The summed E-state index contributed by atoms with van der Waals surface area (Å²) in [7, 11) is 1.53. The van der Waals surface area contributed by atoms with Gasteiger partial charge in [0.2, 0.25) is 5.91 Å². The van der Waals surface area contributed by atoms with Crippen LogP contribution in [0, 0.1) is 5.41 Å². The molecule has 0 fully saturated rings. The van der Waals surface area contributed by atoms with Crippen molar-refractivity contribution in [1.29, 1.82) is 0 Å². The van der Waals surface area contributed by atoms with E-state index in [2.05, 4.69) is 15.6 Å². The Morgan fingerprint density at radius 3 is 2.26 bits per heavy atom. The Kier molecular flexibility index (Phi) is 7.54. The highest BCUT2D eigenvalue weighted by atomic mass is 16.8. The lowest BCUT2D eigenvalue weighted by Crippen LogP contribution is -2.53. The van der Waals surface area contributed by atoms with Gasteiger partial charge in [0.1, 0.15) is 17.5 Å². The first-order valence-corrected chi connectivity index (χ1v) is 11.6. The highest BCUT2D eigenvalue weighted by Crippen LogP contribution is 2.28. The molecule has 0 aliphatic carbocycles. The molecule has 10 nitrogen and oxygen atoms in total. The first-order valence-electron chi connectivity index (χ1n) is 11.6. The number of ether oxygens (including phenoxy) is 1.